The van der Waals surface area contributed by atoms with Crippen molar-refractivity contribution in [3.63, 3.8) is 0 Å². The Morgan fingerprint density at radius 2 is 0.650 bits per heavy atom. The lowest BCUT2D eigenvalue weighted by Gasteiger charge is -2.29. The second kappa shape index (κ2) is 44.7. The van der Waals surface area contributed by atoms with Gasteiger partial charge in [-0.1, -0.05) is 72.6 Å². The van der Waals surface area contributed by atoms with E-state index < -0.39 is 142 Å². The molecule has 137 heavy (non-hydrogen) atoms. The second-order valence-corrected chi connectivity index (χ2v) is 45.6. The number of halogens is 13. The number of anilines is 6. The molecule has 11 heterocycles. The molecule has 1 saturated carbocycles. The Kier molecular flexibility index (Phi) is 36.1. The molecule has 8 fully saturated rings. The molecule has 11 N–H and O–H groups in total. The van der Waals surface area contributed by atoms with Crippen LogP contribution in [-0.4, -0.2) is 184 Å². The first kappa shape index (κ1) is 110. The molecular weight excluding hydrogens is 1980 g/mol. The number of nitrogens with two attached hydrogens (primary N) is 5. The van der Waals surface area contributed by atoms with Crippen LogP contribution in [0.25, 0.3) is 22.3 Å². The highest BCUT2D eigenvalue weighted by atomic mass is 35.5. The number of primary amides is 1. The molecule has 7 atom stereocenters. The summed E-state index contributed by atoms with van der Waals surface area (Å²) in [6.45, 7) is 1.97. The number of rotatable bonds is 15. The summed E-state index contributed by atoms with van der Waals surface area (Å²) < 4.78 is 290. The number of ether oxygens (including phenoxy) is 7. The number of nitrogens with one attached hydrogen (secondary N) is 1. The van der Waals surface area contributed by atoms with E-state index in [2.05, 4.69) is 25.3 Å². The molecule has 756 valence electrons. The Hall–Kier alpha value is -8.55. The lowest BCUT2D eigenvalue weighted by atomic mass is 9.99. The SMILES string of the molecule is C.CS(=O)(=O)c1cc(C2CCC(F)(F)CO2)ccc1N.CS(=O)(=O)c1cc([C@@H]2CCC(F)(F)CO2)ccc1N.CS(=O)(=O)c1cc([C@H]2CCC(F)(F)CO2)ccc1N.CS(=O)(=O)c1cc([C@H]2CCC(F)(F)CO2)ccc1N.Cc1nc2c(Cl)cc(Cl)nc2n1C1CCCCO1.Cc1nc2c(Nc3ccc([C@H]4CCC(F)(F)CO4)cc3S(C)(=O)=O)cc(Cl)nc2n1C1CCCCO1.NC(=O)C1CC1. The first-order valence-electron chi connectivity index (χ1n) is 43.0. The number of imidazole rings is 2. The molecule has 0 spiro atoms. The van der Waals surface area contributed by atoms with Crippen LogP contribution in [0.15, 0.2) is 128 Å². The van der Waals surface area contributed by atoms with Gasteiger partial charge in [0.25, 0.3) is 29.6 Å². The van der Waals surface area contributed by atoms with Gasteiger partial charge >= 0.3 is 0 Å². The molecule has 3 unspecified atom stereocenters. The Labute approximate surface area is 803 Å². The van der Waals surface area contributed by atoms with Crippen LogP contribution in [0.4, 0.5) is 78.0 Å². The number of pyridine rings is 2. The van der Waals surface area contributed by atoms with Crippen molar-refractivity contribution < 1.29 is 124 Å². The fourth-order valence-electron chi connectivity index (χ4n) is 15.8. The molecule has 0 bridgehead atoms. The van der Waals surface area contributed by atoms with Crippen molar-refractivity contribution >= 4 is 146 Å². The largest absolute Gasteiger partial charge is 0.398 e. The zero-order valence-electron chi connectivity index (χ0n) is 75.0. The third-order valence-corrected chi connectivity index (χ3v) is 29.5. The molecule has 17 rings (SSSR count). The number of amides is 1. The van der Waals surface area contributed by atoms with Crippen LogP contribution in [-0.2, 0) is 87.1 Å². The third-order valence-electron chi connectivity index (χ3n) is 23.0. The third kappa shape index (κ3) is 30.3. The highest BCUT2D eigenvalue weighted by Crippen LogP contribution is 2.45. The number of fused-ring (bicyclic) bond motifs is 2. The van der Waals surface area contributed by atoms with Gasteiger partial charge in [-0.25, -0.2) is 106 Å². The predicted molar refractivity (Wildman–Crippen MR) is 499 cm³/mol. The Bertz CT molecular complexity index is 5970. The monoisotopic (exact) mass is 2090 g/mol. The molecule has 7 saturated heterocycles. The van der Waals surface area contributed by atoms with Crippen LogP contribution >= 0.6 is 34.8 Å². The van der Waals surface area contributed by atoms with E-state index in [0.29, 0.717) is 84.1 Å². The van der Waals surface area contributed by atoms with E-state index >= 15 is 0 Å². The molecule has 1 aliphatic carbocycles. The number of aryl methyl sites for hydroxylation is 2. The van der Waals surface area contributed by atoms with Gasteiger partial charge in [-0.15, -0.1) is 0 Å². The van der Waals surface area contributed by atoms with Gasteiger partial charge in [0.05, 0.1) is 94.1 Å². The van der Waals surface area contributed by atoms with Gasteiger partial charge in [0.1, 0.15) is 78.5 Å². The van der Waals surface area contributed by atoms with Crippen LogP contribution in [0.2, 0.25) is 15.3 Å². The zero-order chi connectivity index (χ0) is 100.0. The number of aromatic nitrogens is 6. The average Bonchev–Trinajstić information content (AvgIpc) is 1.62. The van der Waals surface area contributed by atoms with Crippen molar-refractivity contribution in [1.82, 2.24) is 29.1 Å². The van der Waals surface area contributed by atoms with Crippen molar-refractivity contribution in [3.05, 3.63) is 158 Å². The molecular formula is C89H111Cl3F10N12O18S5. The van der Waals surface area contributed by atoms with Crippen molar-refractivity contribution in [2.24, 2.45) is 11.7 Å². The number of sulfone groups is 5. The van der Waals surface area contributed by atoms with Gasteiger partial charge in [-0.3, -0.25) is 13.9 Å². The fraction of sp³-hybridized carbons (Fsp3) is 0.517. The molecule has 30 nitrogen and oxygen atoms in total. The van der Waals surface area contributed by atoms with E-state index in [1.54, 1.807) is 48.5 Å². The summed E-state index contributed by atoms with van der Waals surface area (Å²) in [5.74, 6) is -12.4. The van der Waals surface area contributed by atoms with Crippen molar-refractivity contribution in [3.8, 4) is 0 Å². The summed E-state index contributed by atoms with van der Waals surface area (Å²) in [6.07, 6.45) is 9.92. The van der Waals surface area contributed by atoms with E-state index in [4.69, 9.17) is 96.6 Å². The maximum absolute atomic E-state index is 13.5. The molecule has 9 aromatic rings. The molecule has 8 aliphatic rings. The fourth-order valence-corrected chi connectivity index (χ4v) is 20.7. The quantitative estimate of drug-likeness (QED) is 0.0315. The minimum absolute atomic E-state index is 0. The Balaban J connectivity index is 0.000000171. The first-order valence-corrected chi connectivity index (χ1v) is 53.6. The highest BCUT2D eigenvalue weighted by molar-refractivity contribution is 7.92. The van der Waals surface area contributed by atoms with Crippen LogP contribution in [0.5, 0.6) is 0 Å². The van der Waals surface area contributed by atoms with Gasteiger partial charge < -0.3 is 67.1 Å². The lowest BCUT2D eigenvalue weighted by Crippen LogP contribution is -2.31. The van der Waals surface area contributed by atoms with Crippen molar-refractivity contribution in [2.45, 2.75) is 234 Å². The topological polar surface area (TPSA) is 456 Å². The molecule has 48 heteroatoms. The number of nitrogens with zero attached hydrogens (tertiary/aromatic N) is 6. The summed E-state index contributed by atoms with van der Waals surface area (Å²) in [4.78, 5) is 28.0. The minimum Gasteiger partial charge on any atom is -0.398 e. The predicted octanol–water partition coefficient (Wildman–Crippen LogP) is 18.6. The number of carbonyl (C=O) groups excluding carboxylic acids is 1. The first-order chi connectivity index (χ1) is 63.2. The summed E-state index contributed by atoms with van der Waals surface area (Å²) in [5, 5.41) is 4.30. The number of carbonyl (C=O) groups is 1. The normalized spacial score (nSPS) is 22.4. The van der Waals surface area contributed by atoms with E-state index in [1.807, 2.05) is 23.0 Å². The van der Waals surface area contributed by atoms with Gasteiger partial charge in [0, 0.05) is 88.6 Å². The molecule has 5 aromatic carbocycles. The number of alkyl halides is 10. The van der Waals surface area contributed by atoms with Crippen LogP contribution in [0, 0.1) is 19.8 Å². The number of hydrogen-bond acceptors (Lipinski definition) is 27. The Morgan fingerprint density at radius 3 is 0.905 bits per heavy atom. The summed E-state index contributed by atoms with van der Waals surface area (Å²) in [5.41, 5.74) is 33.9. The summed E-state index contributed by atoms with van der Waals surface area (Å²) in [7, 11) is -17.5. The molecule has 7 aliphatic heterocycles. The maximum Gasteiger partial charge on any atom is 0.271 e. The van der Waals surface area contributed by atoms with E-state index in [-0.39, 0.29) is 148 Å². The van der Waals surface area contributed by atoms with Gasteiger partial charge in [0.2, 0.25) is 5.91 Å². The number of hydrogen-bond donors (Lipinski definition) is 6. The summed E-state index contributed by atoms with van der Waals surface area (Å²) >= 11 is 18.5. The van der Waals surface area contributed by atoms with Crippen molar-refractivity contribution in [1.29, 1.82) is 0 Å². The van der Waals surface area contributed by atoms with Gasteiger partial charge in [-0.05, 0) is 192 Å². The van der Waals surface area contributed by atoms with Crippen LogP contribution < -0.4 is 34.0 Å². The Morgan fingerprint density at radius 1 is 0.372 bits per heavy atom. The minimum atomic E-state index is -3.68. The average molecular weight is 2090 g/mol. The molecule has 0 radical (unpaired) electrons. The van der Waals surface area contributed by atoms with Crippen LogP contribution in [0.3, 0.4) is 0 Å². The number of nitrogen functional groups attached to an aromatic ring is 4. The van der Waals surface area contributed by atoms with E-state index in [1.165, 1.54) is 54.6 Å². The molecule has 4 aromatic heterocycles. The molecule has 1 amide bonds. The lowest BCUT2D eigenvalue weighted by molar-refractivity contribution is -0.145. The highest BCUT2D eigenvalue weighted by Gasteiger charge is 2.43. The maximum atomic E-state index is 13.5. The zero-order valence-corrected chi connectivity index (χ0v) is 81.3. The van der Waals surface area contributed by atoms with E-state index in [9.17, 15) is 90.8 Å². The number of benzene rings is 5. The van der Waals surface area contributed by atoms with E-state index in [0.717, 1.165) is 95.1 Å². The van der Waals surface area contributed by atoms with Crippen molar-refractivity contribution in [2.75, 3.05) is 106 Å². The van der Waals surface area contributed by atoms with Gasteiger partial charge in [-0.2, -0.15) is 0 Å². The standard InChI is InChI=1S/C24H27ClF2N4O4S.C12H13Cl2N3O.4C12H15F2NO3S.C4H7NO.CH4/c1-14-28-22-17(12-20(25)30-23(22)31(14)21-5-3-4-10-34-21)29-16-7-6-15(11-19(16)36(2,32)33)18-8-9-24(26,27)13-35-18;1-7-15-11-8(13)6-9(14)16-12(11)17(7)10-4-2-3-5-18-10;4*1-19(16,17)11-6-8(2-3-9(11)15)10-4-5-12(13,14)7-18-10;5-4(6)3-1-2-3;/h6-7,11-12,18,21H,3-5,8-10,13H2,1-2H3,(H,29,30);6,10H,2-5H2,1H3;4*2-3,6,10H,4-5,7,15H2,1H3;3H,1-2H2,(H2,5,6);1H4/t18-,21?;;3*10-;;;/m1.110.../s1. The second-order valence-electron chi connectivity index (χ2n) is 34.5. The summed E-state index contributed by atoms with van der Waals surface area (Å²) in [6, 6.07) is 25.9. The van der Waals surface area contributed by atoms with Crippen LogP contribution in [0.1, 0.15) is 205 Å². The smallest absolute Gasteiger partial charge is 0.271 e. The van der Waals surface area contributed by atoms with Gasteiger partial charge in [0.15, 0.2) is 60.5 Å².